The normalized spacial score (nSPS) is 14.9. The third kappa shape index (κ3) is 8.17. The molecule has 1 N–H and O–H groups in total. The van der Waals surface area contributed by atoms with Crippen LogP contribution in [0.1, 0.15) is 36.8 Å². The van der Waals surface area contributed by atoms with Crippen LogP contribution in [0.2, 0.25) is 10.0 Å². The Morgan fingerprint density at radius 1 is 0.860 bits per heavy atom. The van der Waals surface area contributed by atoms with Crippen LogP contribution in [-0.4, -0.2) is 57.0 Å². The largest absolute Gasteiger partial charge is 0.486 e. The molecule has 1 atom stereocenters. The van der Waals surface area contributed by atoms with Gasteiger partial charge in [-0.2, -0.15) is 0 Å². The van der Waals surface area contributed by atoms with Crippen molar-refractivity contribution in [2.45, 2.75) is 55.6 Å². The number of nitrogens with zero attached hydrogens (tertiary/aromatic N) is 2. The van der Waals surface area contributed by atoms with Crippen molar-refractivity contribution in [3.63, 3.8) is 0 Å². The highest BCUT2D eigenvalue weighted by molar-refractivity contribution is 7.92. The number of carbonyl (C=O) groups excluding carboxylic acids is 2. The molecule has 4 aromatic carbocycles. The number of rotatable bonds is 12. The number of sulfonamides is 1. The summed E-state index contributed by atoms with van der Waals surface area (Å²) in [5.74, 6) is -1.03. The lowest BCUT2D eigenvalue weighted by Gasteiger charge is -2.34. The lowest BCUT2D eigenvalue weighted by molar-refractivity contribution is -0.140. The van der Waals surface area contributed by atoms with Gasteiger partial charge in [-0.1, -0.05) is 72.4 Å². The van der Waals surface area contributed by atoms with Crippen LogP contribution in [0.4, 0.5) is 10.1 Å². The predicted molar refractivity (Wildman–Crippen MR) is 190 cm³/mol. The van der Waals surface area contributed by atoms with Crippen molar-refractivity contribution < 1.29 is 31.9 Å². The number of benzene rings is 4. The fourth-order valence-electron chi connectivity index (χ4n) is 6.22. The van der Waals surface area contributed by atoms with E-state index in [0.29, 0.717) is 17.9 Å². The standard InChI is InChI=1S/C37H36Cl2FN3O6S/c38-31-11-6-12-32(39)30(31)23-42(33(21-25-7-2-1-3-8-25)37(45)41-27-9-4-5-10-27)36(44)24-43(28-15-13-26(40)14-16-28)50(46,47)29-17-18-34-35(22-29)49-20-19-48-34/h1-3,6-8,11-18,22,27,33H,4-5,9-10,19-21,23-24H2,(H,41,45)/t33-/m1/s1. The number of hydrogen-bond acceptors (Lipinski definition) is 6. The number of hydrogen-bond donors (Lipinski definition) is 1. The molecular formula is C37H36Cl2FN3O6S. The van der Waals surface area contributed by atoms with Crippen LogP contribution >= 0.6 is 23.2 Å². The zero-order valence-electron chi connectivity index (χ0n) is 27.1. The Labute approximate surface area is 300 Å². The van der Waals surface area contributed by atoms with Crippen LogP contribution in [0, 0.1) is 5.82 Å². The molecule has 0 aromatic heterocycles. The van der Waals surface area contributed by atoms with Crippen molar-refractivity contribution >= 4 is 50.7 Å². The van der Waals surface area contributed by atoms with Gasteiger partial charge in [0.1, 0.15) is 31.6 Å². The van der Waals surface area contributed by atoms with Crippen molar-refractivity contribution in [3.05, 3.63) is 118 Å². The summed E-state index contributed by atoms with van der Waals surface area (Å²) in [5.41, 5.74) is 1.24. The highest BCUT2D eigenvalue weighted by atomic mass is 35.5. The summed E-state index contributed by atoms with van der Waals surface area (Å²) in [6.07, 6.45) is 3.74. The van der Waals surface area contributed by atoms with Gasteiger partial charge in [0.05, 0.1) is 10.6 Å². The van der Waals surface area contributed by atoms with Gasteiger partial charge in [-0.15, -0.1) is 0 Å². The molecule has 0 radical (unpaired) electrons. The average molecular weight is 741 g/mol. The molecule has 9 nitrogen and oxygen atoms in total. The minimum Gasteiger partial charge on any atom is -0.486 e. The highest BCUT2D eigenvalue weighted by Crippen LogP contribution is 2.35. The Bertz CT molecular complexity index is 1920. The Morgan fingerprint density at radius 3 is 2.20 bits per heavy atom. The first kappa shape index (κ1) is 35.5. The second-order valence-corrected chi connectivity index (χ2v) is 14.9. The van der Waals surface area contributed by atoms with Gasteiger partial charge in [0.25, 0.3) is 10.0 Å². The molecule has 0 spiro atoms. The van der Waals surface area contributed by atoms with Crippen molar-refractivity contribution in [2.24, 2.45) is 0 Å². The first-order valence-corrected chi connectivity index (χ1v) is 18.5. The number of anilines is 1. The number of fused-ring (bicyclic) bond motifs is 1. The van der Waals surface area contributed by atoms with E-state index in [2.05, 4.69) is 5.32 Å². The molecule has 1 aliphatic carbocycles. The van der Waals surface area contributed by atoms with E-state index in [-0.39, 0.29) is 57.9 Å². The lowest BCUT2D eigenvalue weighted by atomic mass is 10.0. The summed E-state index contributed by atoms with van der Waals surface area (Å²) in [7, 11) is -4.47. The van der Waals surface area contributed by atoms with Crippen LogP contribution in [0.15, 0.2) is 95.9 Å². The summed E-state index contributed by atoms with van der Waals surface area (Å²) in [6.45, 7) is -0.359. The molecule has 0 saturated heterocycles. The predicted octanol–water partition coefficient (Wildman–Crippen LogP) is 6.80. The van der Waals surface area contributed by atoms with Crippen LogP contribution in [0.5, 0.6) is 11.5 Å². The maximum Gasteiger partial charge on any atom is 0.264 e. The number of carbonyl (C=O) groups is 2. The monoisotopic (exact) mass is 739 g/mol. The first-order chi connectivity index (χ1) is 24.1. The second-order valence-electron chi connectivity index (χ2n) is 12.2. The Hall–Kier alpha value is -4.32. The quantitative estimate of drug-likeness (QED) is 0.172. The fourth-order valence-corrected chi connectivity index (χ4v) is 8.17. The van der Waals surface area contributed by atoms with Gasteiger partial charge in [-0.25, -0.2) is 12.8 Å². The van der Waals surface area contributed by atoms with Gasteiger partial charge < -0.3 is 19.7 Å². The topological polar surface area (TPSA) is 105 Å². The number of nitrogens with one attached hydrogen (secondary N) is 1. The van der Waals surface area contributed by atoms with Crippen molar-refractivity contribution in [1.29, 1.82) is 0 Å². The summed E-state index contributed by atoms with van der Waals surface area (Å²) in [4.78, 5) is 30.1. The minimum absolute atomic E-state index is 0.0420. The van der Waals surface area contributed by atoms with E-state index in [1.54, 1.807) is 18.2 Å². The van der Waals surface area contributed by atoms with E-state index < -0.39 is 34.3 Å². The van der Waals surface area contributed by atoms with Crippen LogP contribution < -0.4 is 19.1 Å². The molecule has 6 rings (SSSR count). The molecular weight excluding hydrogens is 704 g/mol. The van der Waals surface area contributed by atoms with Crippen LogP contribution in [-0.2, 0) is 32.6 Å². The second kappa shape index (κ2) is 15.7. The number of ether oxygens (including phenoxy) is 2. The molecule has 2 amide bonds. The summed E-state index contributed by atoms with van der Waals surface area (Å²) in [5, 5.41) is 3.69. The lowest BCUT2D eigenvalue weighted by Crippen LogP contribution is -2.54. The zero-order chi connectivity index (χ0) is 35.3. The van der Waals surface area contributed by atoms with Gasteiger partial charge in [-0.3, -0.25) is 13.9 Å². The summed E-state index contributed by atoms with van der Waals surface area (Å²) in [6, 6.07) is 22.0. The molecule has 50 heavy (non-hydrogen) atoms. The molecule has 2 aliphatic rings. The van der Waals surface area contributed by atoms with Gasteiger partial charge >= 0.3 is 0 Å². The number of amides is 2. The van der Waals surface area contributed by atoms with E-state index >= 15 is 0 Å². The third-order valence-electron chi connectivity index (χ3n) is 8.86. The Morgan fingerprint density at radius 2 is 1.52 bits per heavy atom. The summed E-state index contributed by atoms with van der Waals surface area (Å²) < 4.78 is 55.0. The average Bonchev–Trinajstić information content (AvgIpc) is 3.63. The molecule has 0 unspecified atom stereocenters. The highest BCUT2D eigenvalue weighted by Gasteiger charge is 2.36. The molecule has 262 valence electrons. The Kier molecular flexibility index (Phi) is 11.2. The van der Waals surface area contributed by atoms with Crippen LogP contribution in [0.25, 0.3) is 0 Å². The molecule has 1 heterocycles. The SMILES string of the molecule is O=C(NC1CCCC1)[C@@H](Cc1ccccc1)N(Cc1c(Cl)cccc1Cl)C(=O)CN(c1ccc(F)cc1)S(=O)(=O)c1ccc2c(c1)OCCO2. The third-order valence-corrected chi connectivity index (χ3v) is 11.3. The zero-order valence-corrected chi connectivity index (χ0v) is 29.4. The number of halogens is 3. The van der Waals surface area contributed by atoms with Gasteiger partial charge in [0, 0.05) is 40.7 Å². The van der Waals surface area contributed by atoms with E-state index in [4.69, 9.17) is 32.7 Å². The van der Waals surface area contributed by atoms with Gasteiger partial charge in [0.15, 0.2) is 11.5 Å². The van der Waals surface area contributed by atoms with Gasteiger partial charge in [-0.05, 0) is 66.9 Å². The molecule has 1 aliphatic heterocycles. The smallest absolute Gasteiger partial charge is 0.264 e. The first-order valence-electron chi connectivity index (χ1n) is 16.3. The van der Waals surface area contributed by atoms with E-state index in [9.17, 15) is 22.4 Å². The van der Waals surface area contributed by atoms with E-state index in [0.717, 1.165) is 47.7 Å². The molecule has 0 bridgehead atoms. The summed E-state index contributed by atoms with van der Waals surface area (Å²) >= 11 is 13.2. The van der Waals surface area contributed by atoms with Crippen molar-refractivity contribution in [1.82, 2.24) is 10.2 Å². The van der Waals surface area contributed by atoms with E-state index in [1.165, 1.54) is 35.2 Å². The Balaban J connectivity index is 1.42. The maximum atomic E-state index is 14.7. The maximum absolute atomic E-state index is 14.7. The molecule has 4 aromatic rings. The van der Waals surface area contributed by atoms with Gasteiger partial charge in [0.2, 0.25) is 11.8 Å². The van der Waals surface area contributed by atoms with Crippen molar-refractivity contribution in [3.8, 4) is 11.5 Å². The molecule has 1 saturated carbocycles. The minimum atomic E-state index is -4.47. The van der Waals surface area contributed by atoms with Crippen LogP contribution in [0.3, 0.4) is 0 Å². The van der Waals surface area contributed by atoms with Crippen molar-refractivity contribution in [2.75, 3.05) is 24.1 Å². The fraction of sp³-hybridized carbons (Fsp3) is 0.297. The molecule has 13 heteroatoms. The molecule has 1 fully saturated rings. The van der Waals surface area contributed by atoms with E-state index in [1.807, 2.05) is 30.3 Å².